The van der Waals surface area contributed by atoms with E-state index in [1.807, 2.05) is 0 Å². The van der Waals surface area contributed by atoms with E-state index in [0.29, 0.717) is 12.1 Å². The number of benzene rings is 1. The zero-order valence-corrected chi connectivity index (χ0v) is 7.47. The molecular weight excluding hydrogens is 195 g/mol. The minimum atomic E-state index is -1.48. The number of aliphatic hydroxyl groups excluding tert-OH is 1. The van der Waals surface area contributed by atoms with Gasteiger partial charge in [-0.25, -0.2) is 13.2 Å². The molecule has 0 unspecified atom stereocenters. The quantitative estimate of drug-likeness (QED) is 0.768. The fraction of sp³-hybridized carbons (Fsp3) is 0.333. The van der Waals surface area contributed by atoms with E-state index in [1.165, 1.54) is 6.92 Å². The molecule has 0 saturated carbocycles. The molecule has 0 bridgehead atoms. The van der Waals surface area contributed by atoms with Crippen molar-refractivity contribution in [2.75, 3.05) is 0 Å². The van der Waals surface area contributed by atoms with Crippen LogP contribution >= 0.6 is 0 Å². The lowest BCUT2D eigenvalue weighted by atomic mass is 10.0. The highest BCUT2D eigenvalue weighted by molar-refractivity contribution is 5.24. The van der Waals surface area contributed by atoms with Crippen LogP contribution < -0.4 is 5.73 Å². The Morgan fingerprint density at radius 2 is 1.64 bits per heavy atom. The highest BCUT2D eigenvalue weighted by Crippen LogP contribution is 2.23. The van der Waals surface area contributed by atoms with Crippen molar-refractivity contribution in [3.8, 4) is 0 Å². The minimum absolute atomic E-state index is 0.504. The Bertz CT molecular complexity index is 318. The molecule has 0 radical (unpaired) electrons. The fourth-order valence-corrected chi connectivity index (χ4v) is 1.10. The molecule has 0 heterocycles. The van der Waals surface area contributed by atoms with Gasteiger partial charge >= 0.3 is 0 Å². The molecule has 78 valence electrons. The number of rotatable bonds is 2. The number of hydrogen-bond acceptors (Lipinski definition) is 2. The Labute approximate surface area is 79.2 Å². The Balaban J connectivity index is 3.20. The Kier molecular flexibility index (Phi) is 3.13. The number of hydrogen-bond donors (Lipinski definition) is 2. The summed E-state index contributed by atoms with van der Waals surface area (Å²) in [6, 6.07) is 0.179. The molecule has 0 aliphatic rings. The molecule has 0 spiro atoms. The summed E-state index contributed by atoms with van der Waals surface area (Å²) >= 11 is 0. The van der Waals surface area contributed by atoms with Crippen molar-refractivity contribution >= 4 is 0 Å². The summed E-state index contributed by atoms with van der Waals surface area (Å²) in [7, 11) is 0. The predicted molar refractivity (Wildman–Crippen MR) is 44.9 cm³/mol. The van der Waals surface area contributed by atoms with Crippen molar-refractivity contribution in [3.05, 3.63) is 35.1 Å². The van der Waals surface area contributed by atoms with Gasteiger partial charge in [0.25, 0.3) is 0 Å². The number of aliphatic hydroxyl groups is 1. The minimum Gasteiger partial charge on any atom is -0.387 e. The van der Waals surface area contributed by atoms with E-state index in [2.05, 4.69) is 0 Å². The monoisotopic (exact) mass is 205 g/mol. The van der Waals surface area contributed by atoms with Crippen molar-refractivity contribution < 1.29 is 18.3 Å². The van der Waals surface area contributed by atoms with Gasteiger partial charge in [0.05, 0.1) is 11.7 Å². The van der Waals surface area contributed by atoms with Gasteiger partial charge in [-0.15, -0.1) is 0 Å². The van der Waals surface area contributed by atoms with Gasteiger partial charge < -0.3 is 10.8 Å². The van der Waals surface area contributed by atoms with Crippen molar-refractivity contribution in [1.82, 2.24) is 0 Å². The molecule has 0 aliphatic carbocycles. The molecule has 3 N–H and O–H groups in total. The lowest BCUT2D eigenvalue weighted by molar-refractivity contribution is 0.144. The van der Waals surface area contributed by atoms with Crippen LogP contribution in [0.1, 0.15) is 18.6 Å². The summed E-state index contributed by atoms with van der Waals surface area (Å²) in [6.07, 6.45) is -1.48. The molecule has 2 atom stereocenters. The van der Waals surface area contributed by atoms with E-state index in [4.69, 9.17) is 5.73 Å². The van der Waals surface area contributed by atoms with Crippen LogP contribution in [0.15, 0.2) is 12.1 Å². The van der Waals surface area contributed by atoms with Gasteiger partial charge in [0.1, 0.15) is 17.5 Å². The van der Waals surface area contributed by atoms with Crippen LogP contribution in [0.25, 0.3) is 0 Å². The van der Waals surface area contributed by atoms with Crippen LogP contribution in [0.4, 0.5) is 13.2 Å². The summed E-state index contributed by atoms with van der Waals surface area (Å²) in [4.78, 5) is 0. The Morgan fingerprint density at radius 3 is 2.00 bits per heavy atom. The standard InChI is InChI=1S/C9H10F3NO/c1-4(13)9(14)8-6(11)2-5(10)3-7(8)12/h2-4,9,14H,13H2,1H3/t4-,9-/m1/s1. The highest BCUT2D eigenvalue weighted by atomic mass is 19.1. The molecule has 14 heavy (non-hydrogen) atoms. The first-order valence-electron chi connectivity index (χ1n) is 4.01. The first kappa shape index (κ1) is 11.0. The molecule has 0 amide bonds. The maximum Gasteiger partial charge on any atom is 0.134 e. The second-order valence-corrected chi connectivity index (χ2v) is 3.09. The summed E-state index contributed by atoms with van der Waals surface area (Å²) in [5.74, 6) is -3.29. The molecule has 0 aliphatic heterocycles. The van der Waals surface area contributed by atoms with Crippen molar-refractivity contribution in [2.45, 2.75) is 19.1 Å². The smallest absolute Gasteiger partial charge is 0.134 e. The van der Waals surface area contributed by atoms with E-state index in [1.54, 1.807) is 0 Å². The average molecular weight is 205 g/mol. The third kappa shape index (κ3) is 2.05. The van der Waals surface area contributed by atoms with Crippen LogP contribution in [0, 0.1) is 17.5 Å². The van der Waals surface area contributed by atoms with Gasteiger partial charge in [-0.1, -0.05) is 0 Å². The maximum atomic E-state index is 13.0. The van der Waals surface area contributed by atoms with E-state index in [-0.39, 0.29) is 0 Å². The molecule has 0 aromatic heterocycles. The summed E-state index contributed by atoms with van der Waals surface area (Å²) < 4.78 is 38.5. The van der Waals surface area contributed by atoms with Crippen LogP contribution in [0.3, 0.4) is 0 Å². The molecule has 1 rings (SSSR count). The molecule has 0 saturated heterocycles. The van der Waals surface area contributed by atoms with Crippen molar-refractivity contribution in [2.24, 2.45) is 5.73 Å². The highest BCUT2D eigenvalue weighted by Gasteiger charge is 2.22. The maximum absolute atomic E-state index is 13.0. The second-order valence-electron chi connectivity index (χ2n) is 3.09. The molecule has 1 aromatic rings. The Morgan fingerprint density at radius 1 is 1.21 bits per heavy atom. The molecule has 0 fully saturated rings. The predicted octanol–water partition coefficient (Wildman–Crippen LogP) is 1.48. The molecular formula is C9H10F3NO. The zero-order valence-electron chi connectivity index (χ0n) is 7.47. The summed E-state index contributed by atoms with van der Waals surface area (Å²) in [5.41, 5.74) is 4.67. The molecule has 2 nitrogen and oxygen atoms in total. The van der Waals surface area contributed by atoms with E-state index in [0.717, 1.165) is 0 Å². The third-order valence-electron chi connectivity index (χ3n) is 1.84. The van der Waals surface area contributed by atoms with E-state index >= 15 is 0 Å². The normalized spacial score (nSPS) is 15.3. The summed E-state index contributed by atoms with van der Waals surface area (Å²) in [5, 5.41) is 9.32. The van der Waals surface area contributed by atoms with Crippen LogP contribution in [0.2, 0.25) is 0 Å². The van der Waals surface area contributed by atoms with Crippen molar-refractivity contribution in [1.29, 1.82) is 0 Å². The summed E-state index contributed by atoms with van der Waals surface area (Å²) in [6.45, 7) is 1.40. The SMILES string of the molecule is C[C@@H](N)[C@@H](O)c1c(F)cc(F)cc1F. The molecule has 1 aromatic carbocycles. The zero-order chi connectivity index (χ0) is 10.9. The largest absolute Gasteiger partial charge is 0.387 e. The second kappa shape index (κ2) is 3.98. The lowest BCUT2D eigenvalue weighted by Crippen LogP contribution is -2.26. The van der Waals surface area contributed by atoms with E-state index < -0.39 is 35.2 Å². The van der Waals surface area contributed by atoms with Crippen molar-refractivity contribution in [3.63, 3.8) is 0 Å². The lowest BCUT2D eigenvalue weighted by Gasteiger charge is -2.16. The number of halogens is 3. The van der Waals surface area contributed by atoms with Crippen LogP contribution in [-0.4, -0.2) is 11.1 Å². The first-order valence-corrected chi connectivity index (χ1v) is 4.01. The number of nitrogens with two attached hydrogens (primary N) is 1. The average Bonchev–Trinajstić information content (AvgIpc) is 2.01. The Hall–Kier alpha value is -1.07. The van der Waals surface area contributed by atoms with Gasteiger partial charge in [0, 0.05) is 18.2 Å². The van der Waals surface area contributed by atoms with Gasteiger partial charge in [-0.3, -0.25) is 0 Å². The van der Waals surface area contributed by atoms with Crippen LogP contribution in [-0.2, 0) is 0 Å². The topological polar surface area (TPSA) is 46.2 Å². The van der Waals surface area contributed by atoms with Gasteiger partial charge in [0.15, 0.2) is 0 Å². The first-order chi connectivity index (χ1) is 6.43. The third-order valence-corrected chi connectivity index (χ3v) is 1.84. The molecule has 5 heteroatoms. The fourth-order valence-electron chi connectivity index (χ4n) is 1.10. The van der Waals surface area contributed by atoms with E-state index in [9.17, 15) is 18.3 Å². The van der Waals surface area contributed by atoms with Gasteiger partial charge in [-0.2, -0.15) is 0 Å². The van der Waals surface area contributed by atoms with Gasteiger partial charge in [0.2, 0.25) is 0 Å². The van der Waals surface area contributed by atoms with Gasteiger partial charge in [-0.05, 0) is 6.92 Å². The van der Waals surface area contributed by atoms with Crippen LogP contribution in [0.5, 0.6) is 0 Å².